The van der Waals surface area contributed by atoms with Gasteiger partial charge in [-0.2, -0.15) is 5.26 Å². The van der Waals surface area contributed by atoms with Crippen molar-refractivity contribution in [2.45, 2.75) is 96.3 Å². The summed E-state index contributed by atoms with van der Waals surface area (Å²) in [5, 5.41) is 8.86. The first-order valence-electron chi connectivity index (χ1n) is 10.2. The molecule has 1 saturated carbocycles. The van der Waals surface area contributed by atoms with Gasteiger partial charge in [0, 0.05) is 17.8 Å². The lowest BCUT2D eigenvalue weighted by Crippen LogP contribution is -2.14. The Bertz CT molecular complexity index is 478. The zero-order valence-corrected chi connectivity index (χ0v) is 15.5. The van der Waals surface area contributed by atoms with Gasteiger partial charge in [-0.05, 0) is 43.7 Å². The number of nitriles is 1. The van der Waals surface area contributed by atoms with Crippen LogP contribution in [0.5, 0.6) is 0 Å². The molecule has 1 aliphatic carbocycles. The van der Waals surface area contributed by atoms with Crippen molar-refractivity contribution in [2.24, 2.45) is 5.92 Å². The number of hydrogen-bond acceptors (Lipinski definition) is 2. The van der Waals surface area contributed by atoms with Gasteiger partial charge >= 0.3 is 0 Å². The van der Waals surface area contributed by atoms with Crippen molar-refractivity contribution in [1.29, 1.82) is 5.26 Å². The maximum atomic E-state index is 8.86. The van der Waals surface area contributed by atoms with Crippen LogP contribution in [0.2, 0.25) is 0 Å². The van der Waals surface area contributed by atoms with E-state index in [2.05, 4.69) is 24.0 Å². The van der Waals surface area contributed by atoms with E-state index in [4.69, 9.17) is 5.26 Å². The molecule has 1 heterocycles. The van der Waals surface area contributed by atoms with Crippen molar-refractivity contribution < 1.29 is 0 Å². The molecule has 0 radical (unpaired) electrons. The van der Waals surface area contributed by atoms with E-state index in [1.54, 1.807) is 6.20 Å². The Labute approximate surface area is 148 Å². The summed E-state index contributed by atoms with van der Waals surface area (Å²) >= 11 is 0. The van der Waals surface area contributed by atoms with Crippen LogP contribution in [-0.2, 0) is 0 Å². The fourth-order valence-corrected chi connectivity index (χ4v) is 4.03. The van der Waals surface area contributed by atoms with E-state index in [0.717, 1.165) is 5.92 Å². The predicted molar refractivity (Wildman–Crippen MR) is 101 cm³/mol. The molecule has 0 aliphatic heterocycles. The SMILES string of the molecule is CCCCCCCCCCC1CCC(c2ccc(C#N)cn2)CC1. The molecule has 0 amide bonds. The van der Waals surface area contributed by atoms with E-state index >= 15 is 0 Å². The summed E-state index contributed by atoms with van der Waals surface area (Å²) in [4.78, 5) is 4.49. The van der Waals surface area contributed by atoms with Crippen molar-refractivity contribution in [2.75, 3.05) is 0 Å². The van der Waals surface area contributed by atoms with Crippen LogP contribution in [0.25, 0.3) is 0 Å². The van der Waals surface area contributed by atoms with Gasteiger partial charge in [0.15, 0.2) is 0 Å². The Balaban J connectivity index is 1.55. The van der Waals surface area contributed by atoms with Gasteiger partial charge in [-0.1, -0.05) is 64.7 Å². The fourth-order valence-electron chi connectivity index (χ4n) is 4.03. The minimum Gasteiger partial charge on any atom is -0.260 e. The van der Waals surface area contributed by atoms with Gasteiger partial charge < -0.3 is 0 Å². The first kappa shape index (κ1) is 19.0. The molecular weight excluding hydrogens is 292 g/mol. The summed E-state index contributed by atoms with van der Waals surface area (Å²) in [6, 6.07) is 6.12. The van der Waals surface area contributed by atoms with E-state index in [-0.39, 0.29) is 0 Å². The molecular formula is C22H34N2. The molecule has 24 heavy (non-hydrogen) atoms. The molecule has 1 aromatic heterocycles. The summed E-state index contributed by atoms with van der Waals surface area (Å²) < 4.78 is 0. The third-order valence-corrected chi connectivity index (χ3v) is 5.65. The van der Waals surface area contributed by atoms with Crippen LogP contribution in [0.15, 0.2) is 18.3 Å². The van der Waals surface area contributed by atoms with Crippen molar-refractivity contribution in [3.63, 3.8) is 0 Å². The lowest BCUT2D eigenvalue weighted by atomic mass is 9.78. The van der Waals surface area contributed by atoms with Crippen LogP contribution < -0.4 is 0 Å². The van der Waals surface area contributed by atoms with Gasteiger partial charge in [0.2, 0.25) is 0 Å². The topological polar surface area (TPSA) is 36.7 Å². The molecule has 0 aromatic carbocycles. The second kappa shape index (κ2) is 11.2. The summed E-state index contributed by atoms with van der Waals surface area (Å²) in [6.45, 7) is 2.28. The minimum atomic E-state index is 0.618. The zero-order chi connectivity index (χ0) is 17.0. The van der Waals surface area contributed by atoms with Gasteiger partial charge in [-0.3, -0.25) is 4.98 Å². The fraction of sp³-hybridized carbons (Fsp3) is 0.727. The van der Waals surface area contributed by atoms with Crippen LogP contribution in [0, 0.1) is 17.2 Å². The Kier molecular flexibility index (Phi) is 8.88. The maximum absolute atomic E-state index is 8.86. The second-order valence-corrected chi connectivity index (χ2v) is 7.56. The maximum Gasteiger partial charge on any atom is 0.101 e. The van der Waals surface area contributed by atoms with Crippen molar-refractivity contribution in [3.05, 3.63) is 29.6 Å². The largest absolute Gasteiger partial charge is 0.260 e. The third-order valence-electron chi connectivity index (χ3n) is 5.65. The van der Waals surface area contributed by atoms with Crippen LogP contribution in [-0.4, -0.2) is 4.98 Å². The van der Waals surface area contributed by atoms with E-state index < -0.39 is 0 Å². The highest BCUT2D eigenvalue weighted by Gasteiger charge is 2.22. The molecule has 2 heteroatoms. The number of nitrogens with zero attached hydrogens (tertiary/aromatic N) is 2. The first-order valence-corrected chi connectivity index (χ1v) is 10.2. The molecule has 0 unspecified atom stereocenters. The molecule has 0 N–H and O–H groups in total. The van der Waals surface area contributed by atoms with E-state index in [0.29, 0.717) is 11.5 Å². The lowest BCUT2D eigenvalue weighted by molar-refractivity contribution is 0.299. The summed E-state index contributed by atoms with van der Waals surface area (Å²) in [6.07, 6.45) is 19.8. The Morgan fingerprint density at radius 1 is 0.958 bits per heavy atom. The highest BCUT2D eigenvalue weighted by Crippen LogP contribution is 2.37. The van der Waals surface area contributed by atoms with Crippen LogP contribution >= 0.6 is 0 Å². The van der Waals surface area contributed by atoms with E-state index in [1.807, 2.05) is 6.07 Å². The Morgan fingerprint density at radius 2 is 1.62 bits per heavy atom. The molecule has 2 nitrogen and oxygen atoms in total. The molecule has 0 atom stereocenters. The van der Waals surface area contributed by atoms with Crippen LogP contribution in [0.1, 0.15) is 108 Å². The standard InChI is InChI=1S/C22H34N2/c1-2-3-4-5-6-7-8-9-10-19-11-14-21(15-12-19)22-16-13-20(17-23)18-24-22/h13,16,18-19,21H,2-12,14-15H2,1H3. The van der Waals surface area contributed by atoms with Gasteiger partial charge in [0.1, 0.15) is 6.07 Å². The number of pyridine rings is 1. The van der Waals surface area contributed by atoms with Gasteiger partial charge in [-0.15, -0.1) is 0 Å². The predicted octanol–water partition coefficient (Wildman–Crippen LogP) is 6.76. The van der Waals surface area contributed by atoms with Crippen molar-refractivity contribution in [1.82, 2.24) is 4.98 Å². The molecule has 1 aromatic rings. The molecule has 0 saturated heterocycles. The normalized spacial score (nSPS) is 20.7. The average molecular weight is 327 g/mol. The summed E-state index contributed by atoms with van der Waals surface area (Å²) in [5.74, 6) is 1.56. The molecule has 1 aliphatic rings. The minimum absolute atomic E-state index is 0.618. The second-order valence-electron chi connectivity index (χ2n) is 7.56. The molecule has 0 bridgehead atoms. The highest BCUT2D eigenvalue weighted by atomic mass is 14.7. The number of unbranched alkanes of at least 4 members (excludes halogenated alkanes) is 7. The van der Waals surface area contributed by atoms with E-state index in [9.17, 15) is 0 Å². The van der Waals surface area contributed by atoms with Gasteiger partial charge in [0.05, 0.1) is 5.56 Å². The Hall–Kier alpha value is -1.36. The monoisotopic (exact) mass is 326 g/mol. The highest BCUT2D eigenvalue weighted by molar-refractivity contribution is 5.27. The number of hydrogen-bond donors (Lipinski definition) is 0. The molecule has 2 rings (SSSR count). The smallest absolute Gasteiger partial charge is 0.101 e. The number of aromatic nitrogens is 1. The lowest BCUT2D eigenvalue weighted by Gasteiger charge is -2.28. The van der Waals surface area contributed by atoms with Crippen molar-refractivity contribution >= 4 is 0 Å². The first-order chi connectivity index (χ1) is 11.8. The summed E-state index contributed by atoms with van der Waals surface area (Å²) in [7, 11) is 0. The molecule has 132 valence electrons. The van der Waals surface area contributed by atoms with Gasteiger partial charge in [0.25, 0.3) is 0 Å². The number of rotatable bonds is 10. The van der Waals surface area contributed by atoms with Crippen LogP contribution in [0.4, 0.5) is 0 Å². The van der Waals surface area contributed by atoms with E-state index in [1.165, 1.54) is 89.2 Å². The average Bonchev–Trinajstić information content (AvgIpc) is 2.64. The third kappa shape index (κ3) is 6.63. The zero-order valence-electron chi connectivity index (χ0n) is 15.5. The molecule has 0 spiro atoms. The van der Waals surface area contributed by atoms with Gasteiger partial charge in [-0.25, -0.2) is 0 Å². The molecule has 1 fully saturated rings. The Morgan fingerprint density at radius 3 is 2.21 bits per heavy atom. The summed E-state index contributed by atoms with van der Waals surface area (Å²) in [5.41, 5.74) is 1.86. The van der Waals surface area contributed by atoms with Crippen molar-refractivity contribution in [3.8, 4) is 6.07 Å². The van der Waals surface area contributed by atoms with Crippen LogP contribution in [0.3, 0.4) is 0 Å². The quantitative estimate of drug-likeness (QED) is 0.445.